The van der Waals surface area contributed by atoms with Gasteiger partial charge in [0.25, 0.3) is 0 Å². The van der Waals surface area contributed by atoms with Gasteiger partial charge in [-0.1, -0.05) is 32.6 Å². The Morgan fingerprint density at radius 1 is 0.743 bits per heavy atom. The summed E-state index contributed by atoms with van der Waals surface area (Å²) >= 11 is 0. The Morgan fingerprint density at radius 3 is 1.91 bits per heavy atom. The fourth-order valence-corrected chi connectivity index (χ4v) is 7.43. The molecular formula is C27H43F6NO. The number of piperidine rings is 1. The van der Waals surface area contributed by atoms with E-state index in [0.717, 1.165) is 12.5 Å². The van der Waals surface area contributed by atoms with Crippen LogP contribution < -0.4 is 5.32 Å². The van der Waals surface area contributed by atoms with Crippen molar-refractivity contribution in [3.05, 3.63) is 0 Å². The Morgan fingerprint density at radius 2 is 1.34 bits per heavy atom. The summed E-state index contributed by atoms with van der Waals surface area (Å²) in [5.41, 5.74) is 0. The molecule has 0 radical (unpaired) electrons. The minimum Gasteiger partial charge on any atom is -0.317 e. The highest BCUT2D eigenvalue weighted by Gasteiger charge is 2.49. The third-order valence-electron chi connectivity index (χ3n) is 9.53. The SMILES string of the molecule is CCCC1CCC(C2CNC(C3CCC(C(F)(F)OC4CC(F)C(F)C(F)C4)CC3)C(F)C2)CC1. The van der Waals surface area contributed by atoms with E-state index in [1.54, 1.807) is 0 Å². The van der Waals surface area contributed by atoms with Gasteiger partial charge in [0, 0.05) is 18.9 Å². The van der Waals surface area contributed by atoms with E-state index < -0.39 is 55.7 Å². The van der Waals surface area contributed by atoms with Crippen LogP contribution >= 0.6 is 0 Å². The number of hydrogen-bond acceptors (Lipinski definition) is 2. The van der Waals surface area contributed by atoms with Crippen LogP contribution in [0.15, 0.2) is 0 Å². The number of rotatable bonds is 7. The molecule has 204 valence electrons. The number of ether oxygens (including phenoxy) is 1. The Bertz CT molecular complexity index is 640. The molecule has 5 unspecified atom stereocenters. The summed E-state index contributed by atoms with van der Waals surface area (Å²) in [4.78, 5) is 0. The predicted molar refractivity (Wildman–Crippen MR) is 124 cm³/mol. The Labute approximate surface area is 206 Å². The van der Waals surface area contributed by atoms with E-state index in [9.17, 15) is 22.0 Å². The lowest BCUT2D eigenvalue weighted by molar-refractivity contribution is -0.306. The zero-order chi connectivity index (χ0) is 25.2. The predicted octanol–water partition coefficient (Wildman–Crippen LogP) is 7.50. The maximum absolute atomic E-state index is 15.2. The third-order valence-corrected chi connectivity index (χ3v) is 9.53. The lowest BCUT2D eigenvalue weighted by Gasteiger charge is -2.44. The summed E-state index contributed by atoms with van der Waals surface area (Å²) in [5.74, 6) is 0.712. The topological polar surface area (TPSA) is 21.3 Å². The molecule has 1 heterocycles. The highest BCUT2D eigenvalue weighted by atomic mass is 19.3. The van der Waals surface area contributed by atoms with Gasteiger partial charge in [0.2, 0.25) is 0 Å². The van der Waals surface area contributed by atoms with Crippen molar-refractivity contribution in [2.75, 3.05) is 6.54 Å². The third kappa shape index (κ3) is 6.69. The molecule has 0 bridgehead atoms. The first-order valence-electron chi connectivity index (χ1n) is 14.0. The van der Waals surface area contributed by atoms with E-state index >= 15 is 4.39 Å². The molecule has 0 spiro atoms. The first-order chi connectivity index (χ1) is 16.7. The number of alkyl halides is 6. The molecule has 1 saturated heterocycles. The highest BCUT2D eigenvalue weighted by Crippen LogP contribution is 2.45. The van der Waals surface area contributed by atoms with Gasteiger partial charge in [0.15, 0.2) is 6.17 Å². The minimum atomic E-state index is -3.52. The van der Waals surface area contributed by atoms with Gasteiger partial charge in [0.1, 0.15) is 18.5 Å². The molecule has 0 aromatic carbocycles. The summed E-state index contributed by atoms with van der Waals surface area (Å²) in [6.07, 6.45) is -4.14. The van der Waals surface area contributed by atoms with Gasteiger partial charge in [-0.15, -0.1) is 0 Å². The maximum Gasteiger partial charge on any atom is 0.358 e. The standard InChI is InChI=1S/C27H43F6NO/c1-2-3-16-4-6-17(7-5-16)19-12-24(30)26(34-15-19)18-8-10-20(11-9-18)27(32,33)35-21-13-22(28)25(31)23(29)14-21/h16-26,34H,2-15H2,1H3. The summed E-state index contributed by atoms with van der Waals surface area (Å²) in [6.45, 7) is 3.03. The quantitative estimate of drug-likeness (QED) is 0.357. The van der Waals surface area contributed by atoms with E-state index in [-0.39, 0.29) is 24.8 Å². The second-order valence-electron chi connectivity index (χ2n) is 11.9. The average Bonchev–Trinajstić information content (AvgIpc) is 2.83. The Hall–Kier alpha value is -0.500. The first-order valence-corrected chi connectivity index (χ1v) is 14.0. The van der Waals surface area contributed by atoms with Crippen LogP contribution in [0.2, 0.25) is 0 Å². The number of hydrogen-bond donors (Lipinski definition) is 1. The number of nitrogens with one attached hydrogen (secondary N) is 1. The largest absolute Gasteiger partial charge is 0.358 e. The molecule has 5 atom stereocenters. The zero-order valence-electron chi connectivity index (χ0n) is 20.9. The molecule has 3 saturated carbocycles. The van der Waals surface area contributed by atoms with Crippen molar-refractivity contribution in [2.24, 2.45) is 29.6 Å². The normalized spacial score (nSPS) is 45.9. The van der Waals surface area contributed by atoms with Gasteiger partial charge in [-0.3, -0.25) is 0 Å². The fourth-order valence-electron chi connectivity index (χ4n) is 7.43. The minimum absolute atomic E-state index is 0.00529. The lowest BCUT2D eigenvalue weighted by Crippen LogP contribution is -2.53. The van der Waals surface area contributed by atoms with Gasteiger partial charge in [-0.2, -0.15) is 8.78 Å². The van der Waals surface area contributed by atoms with Crippen LogP contribution in [0.4, 0.5) is 26.3 Å². The van der Waals surface area contributed by atoms with Crippen molar-refractivity contribution >= 4 is 0 Å². The second kappa shape index (κ2) is 11.9. The van der Waals surface area contributed by atoms with E-state index in [1.807, 2.05) is 0 Å². The van der Waals surface area contributed by atoms with Gasteiger partial charge in [-0.05, 0) is 75.2 Å². The maximum atomic E-state index is 15.2. The van der Waals surface area contributed by atoms with Gasteiger partial charge in [0.05, 0.1) is 12.0 Å². The molecule has 0 aromatic heterocycles. The van der Waals surface area contributed by atoms with Crippen molar-refractivity contribution < 1.29 is 31.1 Å². The van der Waals surface area contributed by atoms with Crippen molar-refractivity contribution in [2.45, 2.75) is 133 Å². The van der Waals surface area contributed by atoms with Crippen molar-refractivity contribution in [1.82, 2.24) is 5.32 Å². The molecule has 4 fully saturated rings. The molecule has 0 aromatic rings. The number of halogens is 6. The van der Waals surface area contributed by atoms with Gasteiger partial charge in [-0.25, -0.2) is 17.6 Å². The molecule has 35 heavy (non-hydrogen) atoms. The van der Waals surface area contributed by atoms with Crippen LogP contribution in [-0.4, -0.2) is 49.5 Å². The van der Waals surface area contributed by atoms with Crippen LogP contribution in [0.25, 0.3) is 0 Å². The summed E-state index contributed by atoms with van der Waals surface area (Å²) in [7, 11) is 0. The molecule has 4 aliphatic rings. The summed E-state index contributed by atoms with van der Waals surface area (Å²) in [6, 6.07) is -0.294. The average molecular weight is 512 g/mol. The summed E-state index contributed by atoms with van der Waals surface area (Å²) in [5, 5.41) is 3.44. The highest BCUT2D eigenvalue weighted by molar-refractivity contribution is 4.95. The van der Waals surface area contributed by atoms with Crippen molar-refractivity contribution in [3.63, 3.8) is 0 Å². The smallest absolute Gasteiger partial charge is 0.317 e. The van der Waals surface area contributed by atoms with Gasteiger partial charge < -0.3 is 10.1 Å². The molecule has 3 aliphatic carbocycles. The second-order valence-corrected chi connectivity index (χ2v) is 11.9. The first kappa shape index (κ1) is 27.5. The van der Waals surface area contributed by atoms with Crippen LogP contribution in [0.1, 0.15) is 90.4 Å². The Kier molecular flexibility index (Phi) is 9.37. The Balaban J connectivity index is 1.21. The monoisotopic (exact) mass is 511 g/mol. The molecule has 1 aliphatic heterocycles. The van der Waals surface area contributed by atoms with Crippen LogP contribution in [0.3, 0.4) is 0 Å². The van der Waals surface area contributed by atoms with E-state index in [4.69, 9.17) is 4.74 Å². The van der Waals surface area contributed by atoms with Crippen molar-refractivity contribution in [1.29, 1.82) is 0 Å². The molecule has 4 rings (SSSR count). The zero-order valence-corrected chi connectivity index (χ0v) is 20.9. The van der Waals surface area contributed by atoms with Gasteiger partial charge >= 0.3 is 6.11 Å². The van der Waals surface area contributed by atoms with Crippen LogP contribution in [-0.2, 0) is 4.74 Å². The molecule has 1 N–H and O–H groups in total. The van der Waals surface area contributed by atoms with E-state index in [1.165, 1.54) is 38.5 Å². The lowest BCUT2D eigenvalue weighted by atomic mass is 9.69. The molecule has 0 amide bonds. The van der Waals surface area contributed by atoms with Crippen molar-refractivity contribution in [3.8, 4) is 0 Å². The fraction of sp³-hybridized carbons (Fsp3) is 1.00. The van der Waals surface area contributed by atoms with Crippen LogP contribution in [0, 0.1) is 29.6 Å². The molecule has 2 nitrogen and oxygen atoms in total. The van der Waals surface area contributed by atoms with E-state index in [2.05, 4.69) is 12.2 Å². The molecular weight excluding hydrogens is 468 g/mol. The van der Waals surface area contributed by atoms with E-state index in [0.29, 0.717) is 31.1 Å². The molecule has 8 heteroatoms. The van der Waals surface area contributed by atoms with Crippen LogP contribution in [0.5, 0.6) is 0 Å². The summed E-state index contributed by atoms with van der Waals surface area (Å²) < 4.78 is 90.2.